The van der Waals surface area contributed by atoms with Crippen molar-refractivity contribution < 1.29 is 49.6 Å². The fraction of sp³-hybridized carbons (Fsp3) is 0.647. The highest BCUT2D eigenvalue weighted by Crippen LogP contribution is 2.28. The van der Waals surface area contributed by atoms with Gasteiger partial charge in [0.25, 0.3) is 0 Å². The van der Waals surface area contributed by atoms with Gasteiger partial charge in [0.1, 0.15) is 41.9 Å². The number of benzene rings is 1. The summed E-state index contributed by atoms with van der Waals surface area (Å²) < 4.78 is 21.4. The highest BCUT2D eigenvalue weighted by Gasteiger charge is 2.50. The number of aliphatic hydroxyl groups excluding tert-OH is 5. The Balaban J connectivity index is 1.61. The Hall–Kier alpha value is -1.34. The van der Waals surface area contributed by atoms with Gasteiger partial charge >= 0.3 is 0 Å². The van der Waals surface area contributed by atoms with Crippen LogP contribution in [0, 0.1) is 0 Å². The SMILES string of the molecule is OCC1(O)COC(OCC2OC(Oc3ccccc3)C(O)C(O)C2O)C1O. The summed E-state index contributed by atoms with van der Waals surface area (Å²) in [5, 5.41) is 59.3. The molecule has 0 aliphatic carbocycles. The maximum atomic E-state index is 10.1. The quantitative estimate of drug-likeness (QED) is 0.303. The standard InChI is InChI=1S/C17H24O10/c18-7-17(23)8-25-16(14(17)22)24-6-10-11(19)12(20)13(21)15(27-10)26-9-4-2-1-3-5-9/h1-5,10-16,18-23H,6-8H2. The monoisotopic (exact) mass is 388 g/mol. The van der Waals surface area contributed by atoms with Gasteiger partial charge in [-0.05, 0) is 12.1 Å². The molecule has 1 aromatic rings. The molecule has 1 aromatic carbocycles. The Labute approximate surface area is 155 Å². The van der Waals surface area contributed by atoms with Crippen LogP contribution in [0.1, 0.15) is 0 Å². The van der Waals surface area contributed by atoms with Crippen LogP contribution in [0.3, 0.4) is 0 Å². The second-order valence-corrected chi connectivity index (χ2v) is 6.66. The molecule has 0 amide bonds. The first kappa shape index (κ1) is 20.4. The van der Waals surface area contributed by atoms with E-state index in [9.17, 15) is 25.5 Å². The van der Waals surface area contributed by atoms with Crippen LogP contribution >= 0.6 is 0 Å². The maximum absolute atomic E-state index is 10.1. The van der Waals surface area contributed by atoms with Crippen molar-refractivity contribution in [2.24, 2.45) is 0 Å². The zero-order valence-corrected chi connectivity index (χ0v) is 14.4. The van der Waals surface area contributed by atoms with Gasteiger partial charge in [0.2, 0.25) is 6.29 Å². The fourth-order valence-corrected chi connectivity index (χ4v) is 2.91. The second-order valence-electron chi connectivity index (χ2n) is 6.66. The van der Waals surface area contributed by atoms with Gasteiger partial charge < -0.3 is 49.6 Å². The lowest BCUT2D eigenvalue weighted by atomic mass is 9.99. The maximum Gasteiger partial charge on any atom is 0.229 e. The van der Waals surface area contributed by atoms with Crippen LogP contribution in [-0.2, 0) is 14.2 Å². The van der Waals surface area contributed by atoms with Crippen molar-refractivity contribution in [1.82, 2.24) is 0 Å². The summed E-state index contributed by atoms with van der Waals surface area (Å²) in [6.07, 6.45) is -9.65. The molecule has 0 aromatic heterocycles. The van der Waals surface area contributed by atoms with Gasteiger partial charge in [-0.2, -0.15) is 0 Å². The van der Waals surface area contributed by atoms with Crippen molar-refractivity contribution in [3.05, 3.63) is 30.3 Å². The topological polar surface area (TPSA) is 158 Å². The molecule has 2 fully saturated rings. The van der Waals surface area contributed by atoms with E-state index in [-0.39, 0.29) is 13.2 Å². The number of rotatable bonds is 6. The Morgan fingerprint density at radius 1 is 1.00 bits per heavy atom. The minimum absolute atomic E-state index is 0.329. The van der Waals surface area contributed by atoms with Gasteiger partial charge in [0, 0.05) is 0 Å². The predicted octanol–water partition coefficient (Wildman–Crippen LogP) is -2.67. The molecule has 0 bridgehead atoms. The largest absolute Gasteiger partial charge is 0.462 e. The lowest BCUT2D eigenvalue weighted by Crippen LogP contribution is -2.60. The van der Waals surface area contributed by atoms with Crippen molar-refractivity contribution in [3.63, 3.8) is 0 Å². The van der Waals surface area contributed by atoms with Crippen LogP contribution in [0.2, 0.25) is 0 Å². The number of para-hydroxylation sites is 1. The Kier molecular flexibility index (Phi) is 6.31. The van der Waals surface area contributed by atoms with E-state index in [1.807, 2.05) is 0 Å². The molecule has 2 aliphatic heterocycles. The van der Waals surface area contributed by atoms with E-state index < -0.39 is 55.3 Å². The van der Waals surface area contributed by atoms with E-state index in [1.165, 1.54) is 0 Å². The first-order chi connectivity index (χ1) is 12.9. The van der Waals surface area contributed by atoms with Crippen molar-refractivity contribution in [2.75, 3.05) is 19.8 Å². The molecule has 2 saturated heterocycles. The lowest BCUT2D eigenvalue weighted by molar-refractivity contribution is -0.289. The van der Waals surface area contributed by atoms with Gasteiger partial charge in [0.05, 0.1) is 19.8 Å². The summed E-state index contributed by atoms with van der Waals surface area (Å²) in [6.45, 7) is -1.37. The van der Waals surface area contributed by atoms with Crippen molar-refractivity contribution in [1.29, 1.82) is 0 Å². The third-order valence-corrected chi connectivity index (χ3v) is 4.67. The molecule has 152 valence electrons. The van der Waals surface area contributed by atoms with Crippen LogP contribution in [0.25, 0.3) is 0 Å². The number of hydrogen-bond donors (Lipinski definition) is 6. The summed E-state index contributed by atoms with van der Waals surface area (Å²) in [7, 11) is 0. The first-order valence-corrected chi connectivity index (χ1v) is 8.51. The average molecular weight is 388 g/mol. The predicted molar refractivity (Wildman–Crippen MR) is 87.5 cm³/mol. The summed E-state index contributed by atoms with van der Waals surface area (Å²) in [4.78, 5) is 0. The number of hydrogen-bond acceptors (Lipinski definition) is 10. The van der Waals surface area contributed by atoms with E-state index >= 15 is 0 Å². The van der Waals surface area contributed by atoms with Crippen LogP contribution < -0.4 is 4.74 Å². The molecule has 8 atom stereocenters. The Morgan fingerprint density at radius 3 is 2.33 bits per heavy atom. The Morgan fingerprint density at radius 2 is 1.70 bits per heavy atom. The summed E-state index contributed by atoms with van der Waals surface area (Å²) >= 11 is 0. The molecular weight excluding hydrogens is 364 g/mol. The molecule has 8 unspecified atom stereocenters. The molecule has 2 heterocycles. The van der Waals surface area contributed by atoms with Crippen LogP contribution in [0.4, 0.5) is 0 Å². The van der Waals surface area contributed by atoms with Crippen LogP contribution in [0.5, 0.6) is 5.75 Å². The zero-order valence-electron chi connectivity index (χ0n) is 14.4. The molecule has 2 aliphatic rings. The van der Waals surface area contributed by atoms with E-state index in [2.05, 4.69) is 0 Å². The van der Waals surface area contributed by atoms with Crippen molar-refractivity contribution in [3.8, 4) is 5.75 Å². The highest BCUT2D eigenvalue weighted by atomic mass is 16.7. The van der Waals surface area contributed by atoms with Crippen molar-refractivity contribution in [2.45, 2.75) is 48.7 Å². The average Bonchev–Trinajstić information content (AvgIpc) is 2.97. The third-order valence-electron chi connectivity index (χ3n) is 4.67. The molecule has 3 rings (SSSR count). The first-order valence-electron chi connectivity index (χ1n) is 8.51. The summed E-state index contributed by atoms with van der Waals surface area (Å²) in [5.74, 6) is 0.396. The van der Waals surface area contributed by atoms with Crippen LogP contribution in [-0.4, -0.2) is 99.2 Å². The molecule has 0 radical (unpaired) electrons. The molecule has 0 spiro atoms. The number of ether oxygens (including phenoxy) is 4. The van der Waals surface area contributed by atoms with E-state index in [0.29, 0.717) is 5.75 Å². The van der Waals surface area contributed by atoms with E-state index in [1.54, 1.807) is 30.3 Å². The molecule has 0 saturated carbocycles. The van der Waals surface area contributed by atoms with Gasteiger partial charge in [-0.25, -0.2) is 0 Å². The highest BCUT2D eigenvalue weighted by molar-refractivity contribution is 5.21. The molecule has 10 heteroatoms. The van der Waals surface area contributed by atoms with Crippen LogP contribution in [0.15, 0.2) is 30.3 Å². The summed E-state index contributed by atoms with van der Waals surface area (Å²) in [6, 6.07) is 8.49. The van der Waals surface area contributed by atoms with E-state index in [4.69, 9.17) is 24.1 Å². The Bertz CT molecular complexity index is 601. The van der Waals surface area contributed by atoms with E-state index in [0.717, 1.165) is 0 Å². The van der Waals surface area contributed by atoms with Gasteiger partial charge in [-0.15, -0.1) is 0 Å². The van der Waals surface area contributed by atoms with Crippen molar-refractivity contribution >= 4 is 0 Å². The molecule has 6 N–H and O–H groups in total. The smallest absolute Gasteiger partial charge is 0.229 e. The van der Waals surface area contributed by atoms with Gasteiger partial charge in [-0.3, -0.25) is 0 Å². The zero-order chi connectivity index (χ0) is 19.6. The number of aliphatic hydroxyl groups is 6. The normalized spacial score (nSPS) is 42.2. The summed E-state index contributed by atoms with van der Waals surface area (Å²) in [5.41, 5.74) is -1.84. The molecule has 27 heavy (non-hydrogen) atoms. The minimum atomic E-state index is -1.84. The minimum Gasteiger partial charge on any atom is -0.462 e. The molecular formula is C17H24O10. The second kappa shape index (κ2) is 8.35. The lowest BCUT2D eigenvalue weighted by Gasteiger charge is -2.40. The van der Waals surface area contributed by atoms with Gasteiger partial charge in [0.15, 0.2) is 6.29 Å². The molecule has 10 nitrogen and oxygen atoms in total. The third kappa shape index (κ3) is 4.24. The fourth-order valence-electron chi connectivity index (χ4n) is 2.91. The van der Waals surface area contributed by atoms with Gasteiger partial charge in [-0.1, -0.05) is 18.2 Å².